The van der Waals surface area contributed by atoms with Gasteiger partial charge in [0.25, 0.3) is 0 Å². The van der Waals surface area contributed by atoms with Crippen molar-refractivity contribution in [3.05, 3.63) is 47.3 Å². The highest BCUT2D eigenvalue weighted by molar-refractivity contribution is 5.79. The lowest BCUT2D eigenvalue weighted by Gasteiger charge is -2.20. The third-order valence-corrected chi connectivity index (χ3v) is 3.29. The molecule has 0 bridgehead atoms. The third-order valence-electron chi connectivity index (χ3n) is 3.29. The fourth-order valence-electron chi connectivity index (χ4n) is 2.37. The molecule has 1 heterocycles. The van der Waals surface area contributed by atoms with E-state index in [1.807, 2.05) is 69.6 Å². The molecule has 0 unspecified atom stereocenters. The number of carbonyl (C=O) groups is 1. The van der Waals surface area contributed by atoms with E-state index in [1.54, 1.807) is 0 Å². The van der Waals surface area contributed by atoms with Gasteiger partial charge in [0.2, 0.25) is 5.91 Å². The van der Waals surface area contributed by atoms with Crippen LogP contribution in [-0.4, -0.2) is 21.2 Å². The highest BCUT2D eigenvalue weighted by Crippen LogP contribution is 2.18. The van der Waals surface area contributed by atoms with Crippen molar-refractivity contribution in [3.63, 3.8) is 0 Å². The van der Waals surface area contributed by atoms with Gasteiger partial charge in [-0.25, -0.2) is 4.68 Å². The minimum Gasteiger partial charge on any atom is -0.351 e. The van der Waals surface area contributed by atoms with E-state index in [0.717, 1.165) is 22.6 Å². The number of aryl methyl sites for hydroxylation is 1. The zero-order valence-electron chi connectivity index (χ0n) is 13.4. The number of carbonyl (C=O) groups excluding carboxylic acids is 1. The van der Waals surface area contributed by atoms with E-state index in [9.17, 15) is 4.79 Å². The van der Waals surface area contributed by atoms with E-state index >= 15 is 0 Å². The van der Waals surface area contributed by atoms with Crippen LogP contribution in [0, 0.1) is 13.8 Å². The number of rotatable bonds is 3. The minimum absolute atomic E-state index is 0.0290. The number of amides is 1. The van der Waals surface area contributed by atoms with Crippen molar-refractivity contribution in [1.82, 2.24) is 15.1 Å². The summed E-state index contributed by atoms with van der Waals surface area (Å²) in [6.07, 6.45) is 0.363. The molecular formula is C17H23N3O. The van der Waals surface area contributed by atoms with Gasteiger partial charge >= 0.3 is 0 Å². The van der Waals surface area contributed by atoms with Crippen LogP contribution in [0.15, 0.2) is 30.3 Å². The van der Waals surface area contributed by atoms with Crippen molar-refractivity contribution in [2.45, 2.75) is 46.6 Å². The summed E-state index contributed by atoms with van der Waals surface area (Å²) in [6.45, 7) is 9.91. The van der Waals surface area contributed by atoms with Gasteiger partial charge in [0, 0.05) is 16.8 Å². The van der Waals surface area contributed by atoms with Gasteiger partial charge in [-0.15, -0.1) is 0 Å². The number of aromatic nitrogens is 2. The van der Waals surface area contributed by atoms with Gasteiger partial charge in [-0.2, -0.15) is 5.10 Å². The average Bonchev–Trinajstić information content (AvgIpc) is 2.66. The molecule has 0 saturated heterocycles. The molecule has 0 radical (unpaired) electrons. The fourth-order valence-corrected chi connectivity index (χ4v) is 2.37. The molecule has 21 heavy (non-hydrogen) atoms. The molecule has 0 aliphatic heterocycles. The summed E-state index contributed by atoms with van der Waals surface area (Å²) < 4.78 is 1.90. The molecule has 1 N–H and O–H groups in total. The van der Waals surface area contributed by atoms with E-state index in [1.165, 1.54) is 0 Å². The highest BCUT2D eigenvalue weighted by Gasteiger charge is 2.19. The van der Waals surface area contributed by atoms with Crippen molar-refractivity contribution in [1.29, 1.82) is 0 Å². The second kappa shape index (κ2) is 5.72. The maximum absolute atomic E-state index is 12.1. The topological polar surface area (TPSA) is 46.9 Å². The Morgan fingerprint density at radius 2 is 1.81 bits per heavy atom. The number of nitrogens with one attached hydrogen (secondary N) is 1. The Bertz CT molecular complexity index is 636. The van der Waals surface area contributed by atoms with Crippen molar-refractivity contribution < 1.29 is 4.79 Å². The minimum atomic E-state index is -0.214. The summed E-state index contributed by atoms with van der Waals surface area (Å²) in [4.78, 5) is 12.1. The van der Waals surface area contributed by atoms with Gasteiger partial charge in [0.1, 0.15) is 0 Å². The zero-order valence-corrected chi connectivity index (χ0v) is 13.4. The van der Waals surface area contributed by atoms with Gasteiger partial charge < -0.3 is 5.32 Å². The fraction of sp³-hybridized carbons (Fsp3) is 0.412. The quantitative estimate of drug-likeness (QED) is 0.942. The maximum Gasteiger partial charge on any atom is 0.224 e. The van der Waals surface area contributed by atoms with Crippen LogP contribution in [0.1, 0.15) is 37.7 Å². The van der Waals surface area contributed by atoms with Crippen LogP contribution >= 0.6 is 0 Å². The predicted molar refractivity (Wildman–Crippen MR) is 84.6 cm³/mol. The molecule has 0 aliphatic rings. The lowest BCUT2D eigenvalue weighted by molar-refractivity contribution is -0.121. The maximum atomic E-state index is 12.1. The second-order valence-corrected chi connectivity index (χ2v) is 6.37. The summed E-state index contributed by atoms with van der Waals surface area (Å²) in [5.74, 6) is 0.0290. The van der Waals surface area contributed by atoms with Gasteiger partial charge in [-0.05, 0) is 46.8 Å². The van der Waals surface area contributed by atoms with Crippen molar-refractivity contribution in [2.75, 3.05) is 0 Å². The third kappa shape index (κ3) is 3.72. The predicted octanol–water partition coefficient (Wildman–Crippen LogP) is 2.95. The van der Waals surface area contributed by atoms with E-state index in [-0.39, 0.29) is 11.4 Å². The Morgan fingerprint density at radius 1 is 1.19 bits per heavy atom. The van der Waals surface area contributed by atoms with Crippen LogP contribution in [0.2, 0.25) is 0 Å². The molecule has 1 aromatic carbocycles. The Labute approximate surface area is 126 Å². The Balaban J connectivity index is 2.26. The van der Waals surface area contributed by atoms with Gasteiger partial charge in [0.05, 0.1) is 17.8 Å². The van der Waals surface area contributed by atoms with E-state index in [0.29, 0.717) is 6.42 Å². The summed E-state index contributed by atoms with van der Waals surface area (Å²) in [5, 5.41) is 7.56. The van der Waals surface area contributed by atoms with Crippen LogP contribution < -0.4 is 5.32 Å². The molecule has 0 fully saturated rings. The monoisotopic (exact) mass is 285 g/mol. The first-order valence-electron chi connectivity index (χ1n) is 7.19. The first-order chi connectivity index (χ1) is 9.78. The molecule has 4 heteroatoms. The summed E-state index contributed by atoms with van der Waals surface area (Å²) in [7, 11) is 0. The second-order valence-electron chi connectivity index (χ2n) is 6.37. The Hall–Kier alpha value is -2.10. The summed E-state index contributed by atoms with van der Waals surface area (Å²) >= 11 is 0. The lowest BCUT2D eigenvalue weighted by Crippen LogP contribution is -2.41. The number of nitrogens with zero attached hydrogens (tertiary/aromatic N) is 2. The number of para-hydroxylation sites is 1. The smallest absolute Gasteiger partial charge is 0.224 e. The van der Waals surface area contributed by atoms with Crippen LogP contribution in [0.4, 0.5) is 0 Å². The normalized spacial score (nSPS) is 11.5. The molecular weight excluding hydrogens is 262 g/mol. The molecule has 2 aromatic rings. The zero-order chi connectivity index (χ0) is 15.6. The van der Waals surface area contributed by atoms with Crippen LogP contribution in [-0.2, 0) is 11.2 Å². The van der Waals surface area contributed by atoms with Crippen LogP contribution in [0.25, 0.3) is 5.69 Å². The first-order valence-corrected chi connectivity index (χ1v) is 7.19. The van der Waals surface area contributed by atoms with Crippen molar-refractivity contribution in [2.24, 2.45) is 0 Å². The molecule has 1 aromatic heterocycles. The highest BCUT2D eigenvalue weighted by atomic mass is 16.1. The lowest BCUT2D eigenvalue weighted by atomic mass is 10.1. The molecule has 112 valence electrons. The summed E-state index contributed by atoms with van der Waals surface area (Å²) in [5.41, 5.74) is 3.72. The van der Waals surface area contributed by atoms with E-state index in [4.69, 9.17) is 0 Å². The van der Waals surface area contributed by atoms with Crippen LogP contribution in [0.3, 0.4) is 0 Å². The van der Waals surface area contributed by atoms with Gasteiger partial charge in [-0.1, -0.05) is 18.2 Å². The Morgan fingerprint density at radius 3 is 2.38 bits per heavy atom. The standard InChI is InChI=1S/C17H23N3O/c1-12-15(11-16(21)18-17(3,4)5)13(2)20(19-12)14-9-7-6-8-10-14/h6-10H,11H2,1-5H3,(H,18,21). The Kier molecular flexibility index (Phi) is 4.16. The largest absolute Gasteiger partial charge is 0.351 e. The molecule has 0 atom stereocenters. The van der Waals surface area contributed by atoms with E-state index in [2.05, 4.69) is 10.4 Å². The first kappa shape index (κ1) is 15.3. The summed E-state index contributed by atoms with van der Waals surface area (Å²) in [6, 6.07) is 9.97. The molecule has 4 nitrogen and oxygen atoms in total. The van der Waals surface area contributed by atoms with E-state index < -0.39 is 0 Å². The van der Waals surface area contributed by atoms with Crippen molar-refractivity contribution >= 4 is 5.91 Å². The number of benzene rings is 1. The number of hydrogen-bond acceptors (Lipinski definition) is 2. The van der Waals surface area contributed by atoms with Crippen molar-refractivity contribution in [3.8, 4) is 5.69 Å². The SMILES string of the molecule is Cc1nn(-c2ccccc2)c(C)c1CC(=O)NC(C)(C)C. The molecule has 2 rings (SSSR count). The molecule has 0 spiro atoms. The average molecular weight is 285 g/mol. The van der Waals surface area contributed by atoms with Gasteiger partial charge in [-0.3, -0.25) is 4.79 Å². The molecule has 1 amide bonds. The van der Waals surface area contributed by atoms with Crippen LogP contribution in [0.5, 0.6) is 0 Å². The number of hydrogen-bond donors (Lipinski definition) is 1. The molecule has 0 saturated carbocycles. The van der Waals surface area contributed by atoms with Gasteiger partial charge in [0.15, 0.2) is 0 Å². The molecule has 0 aliphatic carbocycles.